The van der Waals surface area contributed by atoms with Crippen LogP contribution in [-0.2, 0) is 6.42 Å². The third-order valence-corrected chi connectivity index (χ3v) is 4.74. The van der Waals surface area contributed by atoms with Crippen molar-refractivity contribution < 1.29 is 0 Å². The second kappa shape index (κ2) is 6.16. The van der Waals surface area contributed by atoms with Crippen LogP contribution in [0.25, 0.3) is 11.0 Å². The summed E-state index contributed by atoms with van der Waals surface area (Å²) in [6.07, 6.45) is 3.63. The lowest BCUT2D eigenvalue weighted by atomic mass is 10.2. The van der Waals surface area contributed by atoms with Gasteiger partial charge in [-0.05, 0) is 31.0 Å². The fourth-order valence-electron chi connectivity index (χ4n) is 2.73. The molecule has 1 atom stereocenters. The smallest absolute Gasteiger partial charge is 0.115 e. The number of aryl methyl sites for hydroxylation is 2. The Morgan fingerprint density at radius 2 is 2.24 bits per heavy atom. The Morgan fingerprint density at radius 3 is 2.90 bits per heavy atom. The Hall–Kier alpha value is -1.39. The van der Waals surface area contributed by atoms with Gasteiger partial charge in [0.15, 0.2) is 0 Å². The molecule has 0 saturated carbocycles. The first-order chi connectivity index (χ1) is 10.2. The molecule has 3 rings (SSSR count). The van der Waals surface area contributed by atoms with Crippen molar-refractivity contribution in [3.63, 3.8) is 0 Å². The van der Waals surface area contributed by atoms with E-state index < -0.39 is 0 Å². The first-order valence-electron chi connectivity index (χ1n) is 7.17. The average molecular weight is 320 g/mol. The third kappa shape index (κ3) is 2.70. The lowest BCUT2D eigenvalue weighted by Gasteiger charge is -2.18. The van der Waals surface area contributed by atoms with Gasteiger partial charge in [-0.3, -0.25) is 0 Å². The van der Waals surface area contributed by atoms with Crippen LogP contribution in [-0.4, -0.2) is 20.4 Å². The van der Waals surface area contributed by atoms with E-state index in [-0.39, 0.29) is 6.04 Å². The zero-order chi connectivity index (χ0) is 14.8. The summed E-state index contributed by atoms with van der Waals surface area (Å²) in [5.74, 6) is 1.63. The summed E-state index contributed by atoms with van der Waals surface area (Å²) in [5.41, 5.74) is 3.46. The van der Waals surface area contributed by atoms with E-state index in [0.717, 1.165) is 29.2 Å². The summed E-state index contributed by atoms with van der Waals surface area (Å²) < 4.78 is 2.32. The summed E-state index contributed by atoms with van der Waals surface area (Å²) in [4.78, 5) is 9.29. The molecular formula is C16H18ClN3S. The molecule has 3 nitrogen and oxygen atoms in total. The number of fused-ring (bicyclic) bond motifs is 1. The maximum atomic E-state index is 5.97. The molecule has 0 spiro atoms. The van der Waals surface area contributed by atoms with E-state index in [0.29, 0.717) is 5.88 Å². The minimum absolute atomic E-state index is 0.231. The summed E-state index contributed by atoms with van der Waals surface area (Å²) in [5, 5.41) is 3.16. The van der Waals surface area contributed by atoms with E-state index >= 15 is 0 Å². The highest BCUT2D eigenvalue weighted by atomic mass is 35.5. The summed E-state index contributed by atoms with van der Waals surface area (Å²) >= 11 is 7.67. The van der Waals surface area contributed by atoms with Crippen LogP contribution in [0.4, 0.5) is 0 Å². The van der Waals surface area contributed by atoms with Gasteiger partial charge in [0.1, 0.15) is 10.8 Å². The molecule has 21 heavy (non-hydrogen) atoms. The van der Waals surface area contributed by atoms with Gasteiger partial charge in [-0.15, -0.1) is 22.9 Å². The Morgan fingerprint density at radius 1 is 1.38 bits per heavy atom. The monoisotopic (exact) mass is 319 g/mol. The number of thiazole rings is 1. The highest BCUT2D eigenvalue weighted by molar-refractivity contribution is 7.09. The van der Waals surface area contributed by atoms with Crippen LogP contribution >= 0.6 is 22.9 Å². The van der Waals surface area contributed by atoms with E-state index in [1.807, 2.05) is 11.6 Å². The SMILES string of the molecule is CCC(c1nccs1)n1c(CCCl)nc2ccc(C)cc21. The van der Waals surface area contributed by atoms with Gasteiger partial charge in [0.2, 0.25) is 0 Å². The summed E-state index contributed by atoms with van der Waals surface area (Å²) in [6.45, 7) is 4.31. The van der Waals surface area contributed by atoms with Gasteiger partial charge in [0.25, 0.3) is 0 Å². The van der Waals surface area contributed by atoms with E-state index in [4.69, 9.17) is 16.6 Å². The molecule has 3 aromatic rings. The molecule has 0 saturated heterocycles. The molecule has 0 fully saturated rings. The Balaban J connectivity index is 2.22. The number of nitrogens with zero attached hydrogens (tertiary/aromatic N) is 3. The second-order valence-electron chi connectivity index (χ2n) is 5.12. The molecule has 0 bridgehead atoms. The third-order valence-electron chi connectivity index (χ3n) is 3.67. The molecule has 110 valence electrons. The van der Waals surface area contributed by atoms with Gasteiger partial charge < -0.3 is 4.57 Å². The average Bonchev–Trinajstić information content (AvgIpc) is 3.10. The number of imidazole rings is 1. The molecule has 2 aromatic heterocycles. The molecule has 0 radical (unpaired) electrons. The molecule has 1 aromatic carbocycles. The molecule has 0 aliphatic rings. The minimum atomic E-state index is 0.231. The van der Waals surface area contributed by atoms with Gasteiger partial charge in [-0.1, -0.05) is 13.0 Å². The summed E-state index contributed by atoms with van der Waals surface area (Å²) in [6, 6.07) is 6.63. The number of rotatable bonds is 5. The fraction of sp³-hybridized carbons (Fsp3) is 0.375. The van der Waals surface area contributed by atoms with Crippen LogP contribution in [0.15, 0.2) is 29.8 Å². The number of benzene rings is 1. The zero-order valence-electron chi connectivity index (χ0n) is 12.2. The van der Waals surface area contributed by atoms with Crippen LogP contribution in [0.1, 0.15) is 35.8 Å². The predicted octanol–water partition coefficient (Wildman–Crippen LogP) is 4.58. The molecular weight excluding hydrogens is 302 g/mol. The Kier molecular flexibility index (Phi) is 4.27. The minimum Gasteiger partial charge on any atom is -0.318 e. The van der Waals surface area contributed by atoms with Crippen molar-refractivity contribution in [3.8, 4) is 0 Å². The topological polar surface area (TPSA) is 30.7 Å². The molecule has 0 aliphatic heterocycles. The van der Waals surface area contributed by atoms with Gasteiger partial charge in [-0.25, -0.2) is 9.97 Å². The molecule has 0 N–H and O–H groups in total. The van der Waals surface area contributed by atoms with Gasteiger partial charge in [0, 0.05) is 23.9 Å². The molecule has 2 heterocycles. The maximum absolute atomic E-state index is 5.97. The van der Waals surface area contributed by atoms with Crippen molar-refractivity contribution in [2.75, 3.05) is 5.88 Å². The molecule has 1 unspecified atom stereocenters. The van der Waals surface area contributed by atoms with Crippen molar-refractivity contribution in [2.45, 2.75) is 32.7 Å². The largest absolute Gasteiger partial charge is 0.318 e. The fourth-order valence-corrected chi connectivity index (χ4v) is 3.71. The Labute approximate surface area is 133 Å². The molecule has 0 amide bonds. The van der Waals surface area contributed by atoms with Crippen molar-refractivity contribution >= 4 is 34.0 Å². The van der Waals surface area contributed by atoms with Crippen LogP contribution in [0.3, 0.4) is 0 Å². The van der Waals surface area contributed by atoms with Gasteiger partial charge >= 0.3 is 0 Å². The highest BCUT2D eigenvalue weighted by Crippen LogP contribution is 2.30. The Bertz CT molecular complexity index is 733. The van der Waals surface area contributed by atoms with E-state index in [9.17, 15) is 0 Å². The number of alkyl halides is 1. The standard InChI is InChI=1S/C16H18ClN3S/c1-3-13(16-18-8-9-21-16)20-14-10-11(2)4-5-12(14)19-15(20)6-7-17/h4-5,8-10,13H,3,6-7H2,1-2H3. The number of hydrogen-bond acceptors (Lipinski definition) is 3. The number of hydrogen-bond donors (Lipinski definition) is 0. The number of halogens is 1. The normalized spacial score (nSPS) is 12.9. The summed E-state index contributed by atoms with van der Waals surface area (Å²) in [7, 11) is 0. The van der Waals surface area contributed by atoms with E-state index in [1.54, 1.807) is 11.3 Å². The quantitative estimate of drug-likeness (QED) is 0.644. The maximum Gasteiger partial charge on any atom is 0.115 e. The molecule has 0 aliphatic carbocycles. The highest BCUT2D eigenvalue weighted by Gasteiger charge is 2.21. The van der Waals surface area contributed by atoms with Crippen LogP contribution in [0.2, 0.25) is 0 Å². The second-order valence-corrected chi connectivity index (χ2v) is 6.43. The predicted molar refractivity (Wildman–Crippen MR) is 89.4 cm³/mol. The molecule has 5 heteroatoms. The zero-order valence-corrected chi connectivity index (χ0v) is 13.8. The van der Waals surface area contributed by atoms with Crippen molar-refractivity contribution in [1.82, 2.24) is 14.5 Å². The lowest BCUT2D eigenvalue weighted by molar-refractivity contribution is 0.555. The van der Waals surface area contributed by atoms with Crippen molar-refractivity contribution in [2.24, 2.45) is 0 Å². The van der Waals surface area contributed by atoms with Gasteiger partial charge in [-0.2, -0.15) is 0 Å². The van der Waals surface area contributed by atoms with Crippen molar-refractivity contribution in [3.05, 3.63) is 46.2 Å². The lowest BCUT2D eigenvalue weighted by Crippen LogP contribution is -2.13. The van der Waals surface area contributed by atoms with Crippen molar-refractivity contribution in [1.29, 1.82) is 0 Å². The first kappa shape index (κ1) is 14.5. The number of aromatic nitrogens is 3. The van der Waals surface area contributed by atoms with Crippen LogP contribution in [0.5, 0.6) is 0 Å². The van der Waals surface area contributed by atoms with E-state index in [2.05, 4.69) is 41.6 Å². The van der Waals surface area contributed by atoms with Gasteiger partial charge in [0.05, 0.1) is 17.1 Å². The van der Waals surface area contributed by atoms with Crippen LogP contribution < -0.4 is 0 Å². The van der Waals surface area contributed by atoms with E-state index in [1.165, 1.54) is 11.1 Å². The van der Waals surface area contributed by atoms with Crippen LogP contribution in [0, 0.1) is 6.92 Å². The first-order valence-corrected chi connectivity index (χ1v) is 8.58.